The second-order valence-corrected chi connectivity index (χ2v) is 10.1. The minimum atomic E-state index is -2.72. The molecular formula is C19H26N4O3S. The van der Waals surface area contributed by atoms with Crippen molar-refractivity contribution in [3.8, 4) is 5.75 Å². The largest absolute Gasteiger partial charge is 0.494 e. The van der Waals surface area contributed by atoms with E-state index in [1.54, 1.807) is 7.11 Å². The maximum absolute atomic E-state index is 12.7. The third kappa shape index (κ3) is 3.48. The molecule has 0 spiro atoms. The highest BCUT2D eigenvalue weighted by Crippen LogP contribution is 2.35. The lowest BCUT2D eigenvalue weighted by Gasteiger charge is -2.40. The minimum absolute atomic E-state index is 0.0298. The van der Waals surface area contributed by atoms with Crippen LogP contribution in [-0.2, 0) is 9.73 Å². The number of nitrogens with one attached hydrogen (secondary N) is 1. The van der Waals surface area contributed by atoms with Gasteiger partial charge in [0.2, 0.25) is 0 Å². The SMILES string of the molecule is COc1cccc2c(N3CCC(O)(CS(=N)(=O)C4CCC4)CC3)ncnc12. The molecule has 2 aliphatic rings. The molecule has 2 heterocycles. The number of anilines is 1. The predicted molar refractivity (Wildman–Crippen MR) is 106 cm³/mol. The first kappa shape index (κ1) is 18.4. The zero-order valence-electron chi connectivity index (χ0n) is 15.6. The Labute approximate surface area is 159 Å². The Kier molecular flexibility index (Phi) is 4.71. The number of hydrogen-bond donors (Lipinski definition) is 2. The third-order valence-corrected chi connectivity index (χ3v) is 8.41. The van der Waals surface area contributed by atoms with E-state index in [2.05, 4.69) is 14.9 Å². The monoisotopic (exact) mass is 390 g/mol. The van der Waals surface area contributed by atoms with Gasteiger partial charge in [0, 0.05) is 33.5 Å². The molecule has 0 radical (unpaired) electrons. The van der Waals surface area contributed by atoms with Crippen molar-refractivity contribution in [3.05, 3.63) is 24.5 Å². The van der Waals surface area contributed by atoms with Crippen molar-refractivity contribution in [1.82, 2.24) is 9.97 Å². The highest BCUT2D eigenvalue weighted by molar-refractivity contribution is 7.93. The number of piperidine rings is 1. The van der Waals surface area contributed by atoms with E-state index in [-0.39, 0.29) is 11.0 Å². The standard InChI is InChI=1S/C19H26N4O3S/c1-26-16-7-3-6-15-17(16)21-13-22-18(15)23-10-8-19(24,9-11-23)12-27(20,25)14-4-2-5-14/h3,6-7,13-14,20,24H,2,4-5,8-12H2,1H3. The molecule has 0 bridgehead atoms. The zero-order valence-corrected chi connectivity index (χ0v) is 16.4. The Balaban J connectivity index is 1.52. The highest BCUT2D eigenvalue weighted by Gasteiger charge is 2.39. The van der Waals surface area contributed by atoms with E-state index in [0.29, 0.717) is 31.7 Å². The molecule has 1 unspecified atom stereocenters. The molecule has 8 heteroatoms. The molecule has 27 heavy (non-hydrogen) atoms. The fourth-order valence-electron chi connectivity index (χ4n) is 4.01. The number of ether oxygens (including phenoxy) is 1. The van der Waals surface area contributed by atoms with Crippen molar-refractivity contribution in [3.63, 3.8) is 0 Å². The number of aliphatic hydroxyl groups is 1. The number of hydrogen-bond acceptors (Lipinski definition) is 7. The van der Waals surface area contributed by atoms with Crippen LogP contribution >= 0.6 is 0 Å². The Morgan fingerprint density at radius 1 is 1.33 bits per heavy atom. The van der Waals surface area contributed by atoms with E-state index >= 15 is 0 Å². The van der Waals surface area contributed by atoms with E-state index in [1.165, 1.54) is 6.33 Å². The number of aromatic nitrogens is 2. The number of para-hydroxylation sites is 1. The molecule has 1 aliphatic carbocycles. The molecule has 2 N–H and O–H groups in total. The van der Waals surface area contributed by atoms with Crippen LogP contribution in [0.25, 0.3) is 10.9 Å². The number of rotatable bonds is 5. The summed E-state index contributed by atoms with van der Waals surface area (Å²) in [6, 6.07) is 5.77. The minimum Gasteiger partial charge on any atom is -0.494 e. The van der Waals surface area contributed by atoms with Crippen LogP contribution in [0.15, 0.2) is 24.5 Å². The normalized spacial score (nSPS) is 22.2. The van der Waals surface area contributed by atoms with Crippen LogP contribution in [0.3, 0.4) is 0 Å². The van der Waals surface area contributed by atoms with Gasteiger partial charge in [0.15, 0.2) is 0 Å². The topological polar surface area (TPSA) is 99.4 Å². The van der Waals surface area contributed by atoms with Crippen LogP contribution in [0.1, 0.15) is 32.1 Å². The lowest BCUT2D eigenvalue weighted by Crippen LogP contribution is -2.50. The molecule has 1 aliphatic heterocycles. The van der Waals surface area contributed by atoms with Crippen molar-refractivity contribution >= 4 is 26.4 Å². The molecule has 1 aromatic carbocycles. The molecule has 0 amide bonds. The maximum atomic E-state index is 12.7. The van der Waals surface area contributed by atoms with Crippen LogP contribution in [0.4, 0.5) is 5.82 Å². The van der Waals surface area contributed by atoms with E-state index < -0.39 is 15.3 Å². The van der Waals surface area contributed by atoms with Gasteiger partial charge in [-0.05, 0) is 37.8 Å². The van der Waals surface area contributed by atoms with Crippen molar-refractivity contribution in [2.75, 3.05) is 30.9 Å². The van der Waals surface area contributed by atoms with Gasteiger partial charge in [-0.15, -0.1) is 0 Å². The number of fused-ring (bicyclic) bond motifs is 1. The van der Waals surface area contributed by atoms with Gasteiger partial charge in [-0.3, -0.25) is 4.78 Å². The van der Waals surface area contributed by atoms with Crippen LogP contribution < -0.4 is 9.64 Å². The van der Waals surface area contributed by atoms with Gasteiger partial charge in [-0.25, -0.2) is 14.2 Å². The van der Waals surface area contributed by atoms with Gasteiger partial charge in [0.25, 0.3) is 0 Å². The summed E-state index contributed by atoms with van der Waals surface area (Å²) in [6.07, 6.45) is 5.29. The highest BCUT2D eigenvalue weighted by atomic mass is 32.2. The van der Waals surface area contributed by atoms with Gasteiger partial charge in [-0.1, -0.05) is 12.5 Å². The Morgan fingerprint density at radius 2 is 2.07 bits per heavy atom. The predicted octanol–water partition coefficient (Wildman–Crippen LogP) is 2.57. The lowest BCUT2D eigenvalue weighted by atomic mass is 9.93. The fourth-order valence-corrected chi connectivity index (χ4v) is 6.43. The third-order valence-electron chi connectivity index (χ3n) is 5.89. The summed E-state index contributed by atoms with van der Waals surface area (Å²) in [6.45, 7) is 1.22. The summed E-state index contributed by atoms with van der Waals surface area (Å²) in [4.78, 5) is 10.9. The molecular weight excluding hydrogens is 364 g/mol. The molecule has 1 aromatic heterocycles. The Bertz CT molecular complexity index is 935. The summed E-state index contributed by atoms with van der Waals surface area (Å²) >= 11 is 0. The Hall–Kier alpha value is -1.93. The van der Waals surface area contributed by atoms with Gasteiger partial charge >= 0.3 is 0 Å². The summed E-state index contributed by atoms with van der Waals surface area (Å²) in [5.74, 6) is 1.63. The fraction of sp³-hybridized carbons (Fsp3) is 0.579. The second-order valence-electron chi connectivity index (χ2n) is 7.69. The summed E-state index contributed by atoms with van der Waals surface area (Å²) in [5, 5.41) is 11.8. The van der Waals surface area contributed by atoms with Crippen LogP contribution in [0.5, 0.6) is 5.75 Å². The van der Waals surface area contributed by atoms with Crippen LogP contribution in [0, 0.1) is 4.78 Å². The van der Waals surface area contributed by atoms with E-state index in [9.17, 15) is 9.32 Å². The molecule has 1 saturated carbocycles. The van der Waals surface area contributed by atoms with Gasteiger partial charge in [0.05, 0.1) is 18.5 Å². The van der Waals surface area contributed by atoms with Crippen LogP contribution in [0.2, 0.25) is 0 Å². The molecule has 4 rings (SSSR count). The maximum Gasteiger partial charge on any atom is 0.145 e. The molecule has 2 fully saturated rings. The first-order valence-corrected chi connectivity index (χ1v) is 11.2. The number of benzene rings is 1. The van der Waals surface area contributed by atoms with Gasteiger partial charge < -0.3 is 14.7 Å². The van der Waals surface area contributed by atoms with Gasteiger partial charge in [-0.2, -0.15) is 0 Å². The molecule has 1 atom stereocenters. The Morgan fingerprint density at radius 3 is 2.70 bits per heavy atom. The molecule has 1 saturated heterocycles. The number of nitrogens with zero attached hydrogens (tertiary/aromatic N) is 3. The second kappa shape index (κ2) is 6.91. The molecule has 146 valence electrons. The van der Waals surface area contributed by atoms with Crippen molar-refractivity contribution in [2.45, 2.75) is 43.0 Å². The first-order valence-electron chi connectivity index (χ1n) is 9.42. The van der Waals surface area contributed by atoms with Crippen LogP contribution in [-0.4, -0.2) is 56.1 Å². The van der Waals surface area contributed by atoms with Crippen molar-refractivity contribution < 1.29 is 14.1 Å². The smallest absolute Gasteiger partial charge is 0.145 e. The van der Waals surface area contributed by atoms with E-state index in [1.807, 2.05) is 18.2 Å². The number of methoxy groups -OCH3 is 1. The van der Waals surface area contributed by atoms with E-state index in [0.717, 1.165) is 36.0 Å². The summed E-state index contributed by atoms with van der Waals surface area (Å²) < 4.78 is 26.3. The summed E-state index contributed by atoms with van der Waals surface area (Å²) in [5.41, 5.74) is -0.254. The van der Waals surface area contributed by atoms with Gasteiger partial charge in [0.1, 0.15) is 23.4 Å². The average molecular weight is 391 g/mol. The molecule has 2 aromatic rings. The van der Waals surface area contributed by atoms with Crippen molar-refractivity contribution in [1.29, 1.82) is 4.78 Å². The van der Waals surface area contributed by atoms with E-state index in [4.69, 9.17) is 9.52 Å². The summed E-state index contributed by atoms with van der Waals surface area (Å²) in [7, 11) is -1.10. The average Bonchev–Trinajstić information content (AvgIpc) is 2.58. The molecule has 7 nitrogen and oxygen atoms in total. The van der Waals surface area contributed by atoms with Crippen molar-refractivity contribution in [2.24, 2.45) is 0 Å². The lowest BCUT2D eigenvalue weighted by molar-refractivity contribution is 0.0385. The first-order chi connectivity index (χ1) is 12.9. The zero-order chi connectivity index (χ0) is 19.1. The quantitative estimate of drug-likeness (QED) is 0.814.